The number of carbonyl (C=O) groups excluding carboxylic acids is 1. The van der Waals surface area contributed by atoms with Crippen LogP contribution in [0.2, 0.25) is 0 Å². The molecule has 0 aliphatic heterocycles. The number of hydrogen-bond donors (Lipinski definition) is 3. The molecule has 0 aliphatic carbocycles. The number of aliphatic hydroxyl groups is 1. The zero-order valence-corrected chi connectivity index (χ0v) is 18.8. The molecule has 2 aromatic carbocycles. The molecule has 7 heteroatoms. The summed E-state index contributed by atoms with van der Waals surface area (Å²) in [5, 5.41) is 18.8. The van der Waals surface area contributed by atoms with Crippen molar-refractivity contribution in [3.8, 4) is 11.1 Å². The smallest absolute Gasteiger partial charge is 0.264 e. The van der Waals surface area contributed by atoms with E-state index in [9.17, 15) is 18.3 Å². The average molecular weight is 434 g/mol. The van der Waals surface area contributed by atoms with Crippen LogP contribution in [0.4, 0.5) is 0 Å². The summed E-state index contributed by atoms with van der Waals surface area (Å²) in [6.07, 6.45) is 2.95. The summed E-state index contributed by atoms with van der Waals surface area (Å²) in [7, 11) is -3.70. The predicted octanol–water partition coefficient (Wildman–Crippen LogP) is 3.30. The normalized spacial score (nSPS) is 14.2. The first-order valence-electron chi connectivity index (χ1n) is 9.90. The molecule has 1 unspecified atom stereocenters. The van der Waals surface area contributed by atoms with Crippen LogP contribution in [0, 0.1) is 0 Å². The summed E-state index contributed by atoms with van der Waals surface area (Å²) in [5.41, 5.74) is 4.96. The lowest BCUT2D eigenvalue weighted by atomic mass is 9.96. The standard InChI is InChI=1S/C23H31NO5S/c1-22(2,26)15-13-17-5-9-19(10-6-17)20-11-7-18(8-12-20)14-16-23(3,21(25)24-27)30(4,28)29/h5-12,26-27H,13-16H2,1-4H3,(H,24,25). The maximum absolute atomic E-state index is 12.1. The minimum absolute atomic E-state index is 0.0630. The summed E-state index contributed by atoms with van der Waals surface area (Å²) in [6.45, 7) is 4.93. The van der Waals surface area contributed by atoms with Gasteiger partial charge in [-0.1, -0.05) is 48.5 Å². The van der Waals surface area contributed by atoms with Crippen molar-refractivity contribution in [2.24, 2.45) is 0 Å². The van der Waals surface area contributed by atoms with E-state index in [1.54, 1.807) is 13.8 Å². The van der Waals surface area contributed by atoms with Gasteiger partial charge in [-0.05, 0) is 68.7 Å². The van der Waals surface area contributed by atoms with Crippen molar-refractivity contribution >= 4 is 15.7 Å². The van der Waals surface area contributed by atoms with Crippen LogP contribution in [-0.4, -0.2) is 41.2 Å². The first-order chi connectivity index (χ1) is 13.9. The number of aryl methyl sites for hydroxylation is 2. The molecule has 0 bridgehead atoms. The lowest BCUT2D eigenvalue weighted by Gasteiger charge is -2.25. The van der Waals surface area contributed by atoms with E-state index in [-0.39, 0.29) is 6.42 Å². The van der Waals surface area contributed by atoms with Crippen LogP contribution >= 0.6 is 0 Å². The Morgan fingerprint density at radius 3 is 1.60 bits per heavy atom. The summed E-state index contributed by atoms with van der Waals surface area (Å²) < 4.78 is 22.4. The molecule has 0 saturated heterocycles. The van der Waals surface area contributed by atoms with Crippen molar-refractivity contribution in [2.45, 2.75) is 56.8 Å². The number of amides is 1. The molecule has 164 valence electrons. The molecule has 0 fully saturated rings. The average Bonchev–Trinajstić information content (AvgIpc) is 2.69. The quantitative estimate of drug-likeness (QED) is 0.416. The number of rotatable bonds is 9. The van der Waals surface area contributed by atoms with Gasteiger partial charge >= 0.3 is 0 Å². The third kappa shape index (κ3) is 6.14. The number of benzene rings is 2. The molecule has 0 heterocycles. The highest BCUT2D eigenvalue weighted by molar-refractivity contribution is 7.92. The fourth-order valence-electron chi connectivity index (χ4n) is 3.15. The highest BCUT2D eigenvalue weighted by Crippen LogP contribution is 2.26. The maximum atomic E-state index is 12.1. The van der Waals surface area contributed by atoms with Crippen LogP contribution in [0.25, 0.3) is 11.1 Å². The van der Waals surface area contributed by atoms with Crippen LogP contribution < -0.4 is 5.48 Å². The van der Waals surface area contributed by atoms with Gasteiger partial charge in [-0.15, -0.1) is 0 Å². The molecule has 1 atom stereocenters. The second-order valence-electron chi connectivity index (χ2n) is 8.65. The molecule has 2 aromatic rings. The van der Waals surface area contributed by atoms with E-state index in [1.165, 1.54) is 18.0 Å². The molecule has 6 nitrogen and oxygen atoms in total. The molecular weight excluding hydrogens is 402 g/mol. The zero-order valence-electron chi connectivity index (χ0n) is 18.0. The van der Waals surface area contributed by atoms with E-state index in [0.29, 0.717) is 12.8 Å². The van der Waals surface area contributed by atoms with Gasteiger partial charge in [0.1, 0.15) is 4.75 Å². The van der Waals surface area contributed by atoms with Gasteiger partial charge in [0.25, 0.3) is 5.91 Å². The molecular formula is C23H31NO5S. The Kier molecular flexibility index (Phi) is 7.45. The largest absolute Gasteiger partial charge is 0.390 e. The van der Waals surface area contributed by atoms with Gasteiger partial charge in [-0.25, -0.2) is 13.9 Å². The molecule has 0 spiro atoms. The maximum Gasteiger partial charge on any atom is 0.264 e. The van der Waals surface area contributed by atoms with Crippen LogP contribution in [-0.2, 0) is 27.5 Å². The summed E-state index contributed by atoms with van der Waals surface area (Å²) in [6, 6.07) is 16.0. The monoisotopic (exact) mass is 433 g/mol. The molecule has 1 amide bonds. The summed E-state index contributed by atoms with van der Waals surface area (Å²) >= 11 is 0. The topological polar surface area (TPSA) is 104 Å². The molecule has 0 saturated carbocycles. The van der Waals surface area contributed by atoms with Gasteiger partial charge in [-0.3, -0.25) is 10.0 Å². The number of sulfone groups is 1. The molecule has 30 heavy (non-hydrogen) atoms. The van der Waals surface area contributed by atoms with E-state index in [4.69, 9.17) is 5.21 Å². The Morgan fingerprint density at radius 2 is 1.27 bits per heavy atom. The van der Waals surface area contributed by atoms with Gasteiger partial charge in [0, 0.05) is 6.26 Å². The molecule has 0 aliphatic rings. The van der Waals surface area contributed by atoms with Gasteiger partial charge in [0.2, 0.25) is 0 Å². The first kappa shape index (κ1) is 24.1. The minimum atomic E-state index is -3.70. The number of carbonyl (C=O) groups is 1. The van der Waals surface area contributed by atoms with Gasteiger partial charge in [0.15, 0.2) is 9.84 Å². The number of hydrogen-bond acceptors (Lipinski definition) is 5. The lowest BCUT2D eigenvalue weighted by Crippen LogP contribution is -2.49. The van der Waals surface area contributed by atoms with Crippen LogP contribution in [0.15, 0.2) is 48.5 Å². The fraction of sp³-hybridized carbons (Fsp3) is 0.435. The zero-order chi connectivity index (χ0) is 22.6. The number of nitrogens with one attached hydrogen (secondary N) is 1. The van der Waals surface area contributed by atoms with E-state index in [1.807, 2.05) is 36.4 Å². The van der Waals surface area contributed by atoms with Crippen molar-refractivity contribution in [1.82, 2.24) is 5.48 Å². The Bertz CT molecular complexity index is 960. The molecule has 2 rings (SSSR count). The first-order valence-corrected chi connectivity index (χ1v) is 11.8. The SMILES string of the molecule is CC(C)(O)CCc1ccc(-c2ccc(CCC(C)(C(=O)NO)S(C)(=O)=O)cc2)cc1. The fourth-order valence-corrected chi connectivity index (χ4v) is 4.00. The predicted molar refractivity (Wildman–Crippen MR) is 118 cm³/mol. The second kappa shape index (κ2) is 9.29. The Labute approximate surface area is 178 Å². The highest BCUT2D eigenvalue weighted by atomic mass is 32.2. The van der Waals surface area contributed by atoms with Crippen LogP contribution in [0.3, 0.4) is 0 Å². The molecule has 3 N–H and O–H groups in total. The third-order valence-corrected chi connectivity index (χ3v) is 7.58. The molecule has 0 aromatic heterocycles. The summed E-state index contributed by atoms with van der Waals surface area (Å²) in [4.78, 5) is 11.9. The second-order valence-corrected chi connectivity index (χ2v) is 11.1. The van der Waals surface area contributed by atoms with E-state index >= 15 is 0 Å². The van der Waals surface area contributed by atoms with Crippen LogP contribution in [0.1, 0.15) is 44.7 Å². The van der Waals surface area contributed by atoms with Gasteiger partial charge in [0.05, 0.1) is 5.60 Å². The van der Waals surface area contributed by atoms with E-state index in [0.717, 1.165) is 29.4 Å². The van der Waals surface area contributed by atoms with Crippen LogP contribution in [0.5, 0.6) is 0 Å². The highest BCUT2D eigenvalue weighted by Gasteiger charge is 2.43. The van der Waals surface area contributed by atoms with Gasteiger partial charge in [-0.2, -0.15) is 0 Å². The Morgan fingerprint density at radius 1 is 0.867 bits per heavy atom. The van der Waals surface area contributed by atoms with Crippen molar-refractivity contribution in [3.05, 3.63) is 59.7 Å². The van der Waals surface area contributed by atoms with E-state index in [2.05, 4.69) is 12.1 Å². The third-order valence-electron chi connectivity index (χ3n) is 5.56. The minimum Gasteiger partial charge on any atom is -0.390 e. The van der Waals surface area contributed by atoms with Crippen molar-refractivity contribution in [1.29, 1.82) is 0 Å². The van der Waals surface area contributed by atoms with E-state index < -0.39 is 26.1 Å². The Balaban J connectivity index is 2.07. The van der Waals surface area contributed by atoms with Crippen molar-refractivity contribution in [2.75, 3.05) is 6.26 Å². The summed E-state index contributed by atoms with van der Waals surface area (Å²) in [5.74, 6) is -0.925. The number of hydroxylamine groups is 1. The van der Waals surface area contributed by atoms with Crippen molar-refractivity contribution in [3.63, 3.8) is 0 Å². The van der Waals surface area contributed by atoms with Crippen molar-refractivity contribution < 1.29 is 23.5 Å². The molecule has 0 radical (unpaired) electrons. The van der Waals surface area contributed by atoms with Gasteiger partial charge < -0.3 is 5.11 Å². The lowest BCUT2D eigenvalue weighted by molar-refractivity contribution is -0.131. The Hall–Kier alpha value is -2.22.